The van der Waals surface area contributed by atoms with E-state index in [1.807, 2.05) is 37.3 Å². The predicted molar refractivity (Wildman–Crippen MR) is 414 cm³/mol. The number of hydrogen-bond donors (Lipinski definition) is 10. The van der Waals surface area contributed by atoms with Crippen LogP contribution in [-0.4, -0.2) is 118 Å². The number of aromatic nitrogens is 14. The molecule has 113 heavy (non-hydrogen) atoms. The van der Waals surface area contributed by atoms with Gasteiger partial charge in [0.15, 0.2) is 22.1 Å². The van der Waals surface area contributed by atoms with Crippen LogP contribution in [0.3, 0.4) is 0 Å². The van der Waals surface area contributed by atoms with E-state index < -0.39 is 29.8 Å². The number of para-hydroxylation sites is 2. The number of nitrogens with zero attached hydrogens (tertiary/aromatic N) is 15. The van der Waals surface area contributed by atoms with Gasteiger partial charge in [-0.05, 0) is 142 Å². The van der Waals surface area contributed by atoms with Crippen molar-refractivity contribution < 1.29 is 66.5 Å². The number of hydrogen-bond acceptors (Lipinski definition) is 24. The average Bonchev–Trinajstić information content (AvgIpc) is 1.16. The minimum absolute atomic E-state index is 0.000731. The number of carbonyl (C=O) groups excluding carboxylic acids is 3. The van der Waals surface area contributed by atoms with Gasteiger partial charge in [0, 0.05) is 121 Å². The summed E-state index contributed by atoms with van der Waals surface area (Å²) in [6.07, 6.45) is 4.53. The Bertz CT molecular complexity index is 5650. The summed E-state index contributed by atoms with van der Waals surface area (Å²) in [6, 6.07) is 38.9. The highest BCUT2D eigenvalue weighted by Crippen LogP contribution is 2.31. The van der Waals surface area contributed by atoms with Crippen molar-refractivity contribution in [3.63, 3.8) is 0 Å². The van der Waals surface area contributed by atoms with Crippen molar-refractivity contribution in [2.75, 3.05) is 97.2 Å². The van der Waals surface area contributed by atoms with Gasteiger partial charge in [0.1, 0.15) is 23.0 Å². The Kier molecular flexibility index (Phi) is 26.1. The maximum absolute atomic E-state index is 13.3. The third-order valence-electron chi connectivity index (χ3n) is 16.8. The van der Waals surface area contributed by atoms with Crippen molar-refractivity contribution in [3.05, 3.63) is 249 Å². The lowest BCUT2D eigenvalue weighted by Gasteiger charge is -2.32. The van der Waals surface area contributed by atoms with Crippen molar-refractivity contribution >= 4 is 143 Å². The van der Waals surface area contributed by atoms with E-state index in [1.165, 1.54) is 48.0 Å². The van der Waals surface area contributed by atoms with Gasteiger partial charge < -0.3 is 72.8 Å². The average molecular weight is 1610 g/mol. The van der Waals surface area contributed by atoms with Gasteiger partial charge in [0.05, 0.1) is 36.9 Å². The predicted octanol–water partition coefficient (Wildman–Crippen LogP) is 5.87. The van der Waals surface area contributed by atoms with Crippen LogP contribution >= 0.6 is 34.8 Å². The van der Waals surface area contributed by atoms with Gasteiger partial charge in [-0.1, -0.05) is 71.2 Å². The fourth-order valence-electron chi connectivity index (χ4n) is 11.0. The lowest BCUT2D eigenvalue weighted by atomic mass is 10.1. The van der Waals surface area contributed by atoms with E-state index in [4.69, 9.17) is 61.5 Å². The normalized spacial score (nSPS) is 12.0. The Morgan fingerprint density at radius 2 is 1.04 bits per heavy atom. The minimum atomic E-state index is -0.866. The summed E-state index contributed by atoms with van der Waals surface area (Å²) in [5.41, 5.74) is 22.1. The largest absolute Gasteiger partial charge is 0.739 e. The van der Waals surface area contributed by atoms with Crippen LogP contribution in [0, 0.1) is 54.4 Å². The molecule has 38 nitrogen and oxygen atoms in total. The number of likely N-dealkylation sites (N-methyl/N-ethyl adjacent to an activating group) is 1. The Hall–Kier alpha value is -13.7. The highest BCUT2D eigenvalue weighted by atomic mass is 35.5. The molecular formula is C71H69Cl3FN25O13. The van der Waals surface area contributed by atoms with Crippen LogP contribution in [0.4, 0.5) is 60.5 Å². The Morgan fingerprint density at radius 1 is 0.522 bits per heavy atom. The summed E-state index contributed by atoms with van der Waals surface area (Å²) in [5, 5.41) is 134. The summed E-state index contributed by atoms with van der Waals surface area (Å²) in [4.78, 5) is 43.3. The minimum Gasteiger partial charge on any atom is -0.739 e. The van der Waals surface area contributed by atoms with Gasteiger partial charge >= 0.3 is 41.4 Å². The first-order chi connectivity index (χ1) is 54.3. The van der Waals surface area contributed by atoms with Gasteiger partial charge in [0.25, 0.3) is 22.5 Å². The number of halogens is 4. The van der Waals surface area contributed by atoms with E-state index in [0.717, 1.165) is 67.6 Å². The molecule has 584 valence electrons. The summed E-state index contributed by atoms with van der Waals surface area (Å²) in [6.45, 7) is 8.50. The molecule has 1 saturated heterocycles. The van der Waals surface area contributed by atoms with Crippen LogP contribution in [0.2, 0.25) is 15.1 Å². The molecule has 42 heteroatoms. The Labute approximate surface area is 654 Å². The van der Waals surface area contributed by atoms with E-state index in [-0.39, 0.29) is 92.8 Å². The molecule has 0 radical (unpaired) electrons. The number of carbonyl (C=O) groups is 3. The number of H-pyrrole nitrogens is 1. The molecule has 6 heterocycles. The fourth-order valence-corrected chi connectivity index (χ4v) is 11.5. The second kappa shape index (κ2) is 36.7. The fraction of sp³-hybridized carbons (Fsp3) is 0.183. The SMILES string of the molecule is Cc1ccc(NC(=O)c2ccc(CN3CCN(C)CC3)cc2)cc1Nc1n[n+]([O-])c2ccccc2[n+]1[O-].NCCCOc1ccc(Cl)cc1NC(=O)Nc1n[n+]([O-])c2cc(F)ccc2[n+]1[O-].NCCCOc1ccc(Cl)cc1NC(=O)Nc1n[n+]([O-])c2ccc(Cl)cc2[n+]1[O-].Nc1n[n+]([O-])c2cc(-c3cn[nH]c3)ccc2[n+]1[O-]. The molecule has 0 spiro atoms. The maximum Gasteiger partial charge on any atom is 0.469 e. The molecule has 0 bridgehead atoms. The molecule has 13 N–H and O–H groups in total. The maximum atomic E-state index is 13.3. The molecule has 1 fully saturated rings. The van der Waals surface area contributed by atoms with E-state index >= 15 is 0 Å². The van der Waals surface area contributed by atoms with Gasteiger partial charge in [-0.2, -0.15) is 15.7 Å². The van der Waals surface area contributed by atoms with Crippen molar-refractivity contribution in [3.8, 4) is 22.6 Å². The molecule has 5 amide bonds. The van der Waals surface area contributed by atoms with Gasteiger partial charge in [-0.15, -0.1) is 0 Å². The first-order valence-electron chi connectivity index (χ1n) is 34.1. The summed E-state index contributed by atoms with van der Waals surface area (Å²) in [7, 11) is 2.14. The highest BCUT2D eigenvalue weighted by Gasteiger charge is 2.28. The first kappa shape index (κ1) is 80.3. The molecule has 5 aromatic heterocycles. The molecule has 0 aliphatic carbocycles. The van der Waals surface area contributed by atoms with Crippen LogP contribution in [0.5, 0.6) is 11.5 Å². The second-order valence-corrected chi connectivity index (χ2v) is 26.1. The summed E-state index contributed by atoms with van der Waals surface area (Å²) in [5.74, 6) is -1.89. The number of nitrogens with two attached hydrogens (primary N) is 3. The van der Waals surface area contributed by atoms with Crippen molar-refractivity contribution in [1.82, 2.24) is 40.4 Å². The smallest absolute Gasteiger partial charge is 0.469 e. The molecule has 14 rings (SSSR count). The van der Waals surface area contributed by atoms with E-state index in [9.17, 15) is 60.4 Å². The zero-order valence-electron chi connectivity index (χ0n) is 59.7. The number of aryl methyl sites for hydroxylation is 1. The van der Waals surface area contributed by atoms with Crippen LogP contribution in [0.25, 0.3) is 55.3 Å². The van der Waals surface area contributed by atoms with E-state index in [2.05, 4.69) is 79.3 Å². The highest BCUT2D eigenvalue weighted by molar-refractivity contribution is 6.31. The quantitative estimate of drug-likeness (QED) is 0.0257. The monoisotopic (exact) mass is 1600 g/mol. The number of anilines is 8. The number of ether oxygens (including phenoxy) is 2. The number of aromatic amines is 1. The lowest BCUT2D eigenvalue weighted by Crippen LogP contribution is -2.45. The summed E-state index contributed by atoms with van der Waals surface area (Å²) >= 11 is 17.8. The molecule has 8 aromatic carbocycles. The van der Waals surface area contributed by atoms with E-state index in [1.54, 1.807) is 79.1 Å². The Balaban J connectivity index is 0.000000153. The molecule has 1 aliphatic rings. The number of benzene rings is 8. The standard InChI is InChI=1S/C27H29N7O3.C17H16Cl2N6O4.C17H16ClFN6O4.C10H8N6O2/c1-19-7-12-22(17-23(19)29-27-30-34(37)25-6-4-3-5-24(25)33(27)36)28-26(35)21-10-8-20(9-11-21)18-32-15-13-31(2)14-16-32;18-10-3-5-15(29-7-1-6-20)12(8-10)21-17(26)22-16-23-25(28)13-4-2-11(19)9-14(13)24(16)27;18-10-2-5-15(29-7-1-6-20)12(8-10)21-17(26)22-16-23-25(28)14-9-11(19)3-4-13(14)24(16)27;11-10-14-16(18)9-3-6(7-4-12-13-5-7)1-2-8(9)15(10)17/h3-12,17H,13-16,18H2,1-2H3,(H,28,35)(H,29,30);2*2-5,8-9H,1,6-7,20H2,(H2,21,22,23,26);1-5H,(H2,11,14)(H,12,13). The molecule has 1 aliphatic heterocycles. The van der Waals surface area contributed by atoms with E-state index in [0.29, 0.717) is 102 Å². The van der Waals surface area contributed by atoms with Gasteiger partial charge in [-0.25, -0.2) is 38.2 Å². The van der Waals surface area contributed by atoms with Gasteiger partial charge in [-0.3, -0.25) is 31.2 Å². The number of urea groups is 2. The topological polar surface area (TPSA) is 522 Å². The number of fused-ring (bicyclic) bond motifs is 4. The summed E-state index contributed by atoms with van der Waals surface area (Å²) < 4.78 is 25.9. The van der Waals surface area contributed by atoms with Crippen LogP contribution < -0.4 is 96.9 Å². The number of piperazine rings is 1. The number of rotatable bonds is 19. The molecule has 0 unspecified atom stereocenters. The van der Waals surface area contributed by atoms with Gasteiger partial charge in [0.2, 0.25) is 20.4 Å². The van der Waals surface area contributed by atoms with Crippen LogP contribution in [0.1, 0.15) is 34.3 Å². The third-order valence-corrected chi connectivity index (χ3v) is 17.5. The molecule has 0 saturated carbocycles. The Morgan fingerprint density at radius 3 is 1.65 bits per heavy atom. The number of nitrogens with one attached hydrogen (secondary N) is 7. The molecular weight excluding hydrogens is 1540 g/mol. The molecule has 0 atom stereocenters. The first-order valence-corrected chi connectivity index (χ1v) is 35.2. The zero-order valence-corrected chi connectivity index (χ0v) is 62.0. The van der Waals surface area contributed by atoms with Crippen molar-refractivity contribution in [2.24, 2.45) is 11.5 Å². The van der Waals surface area contributed by atoms with Crippen molar-refractivity contribution in [2.45, 2.75) is 26.3 Å². The molecule has 13 aromatic rings. The zero-order chi connectivity index (χ0) is 80.6. The second-order valence-electron chi connectivity index (χ2n) is 24.7. The third kappa shape index (κ3) is 20.2. The van der Waals surface area contributed by atoms with Crippen LogP contribution in [0.15, 0.2) is 170 Å². The lowest BCUT2D eigenvalue weighted by molar-refractivity contribution is -0.672. The number of nitrogen functional groups attached to an aromatic ring is 1. The van der Waals surface area contributed by atoms with Crippen molar-refractivity contribution in [1.29, 1.82) is 0 Å². The number of amides is 5. The van der Waals surface area contributed by atoms with Crippen LogP contribution in [-0.2, 0) is 6.54 Å².